The van der Waals surface area contributed by atoms with Crippen LogP contribution in [0.5, 0.6) is 0 Å². The molecule has 1 saturated heterocycles. The maximum absolute atomic E-state index is 13.1. The van der Waals surface area contributed by atoms with Crippen molar-refractivity contribution in [2.75, 3.05) is 13.1 Å². The second-order valence-corrected chi connectivity index (χ2v) is 8.33. The molecule has 3 rings (SSSR count). The molecule has 5 nitrogen and oxygen atoms in total. The molecule has 0 aliphatic carbocycles. The third-order valence-corrected chi connectivity index (χ3v) is 6.65. The second-order valence-electron chi connectivity index (χ2n) is 6.16. The highest BCUT2D eigenvalue weighted by atomic mass is 32.2. The Morgan fingerprint density at radius 1 is 1.08 bits per heavy atom. The van der Waals surface area contributed by atoms with Crippen molar-refractivity contribution in [3.05, 3.63) is 66.0 Å². The van der Waals surface area contributed by atoms with Gasteiger partial charge in [0.05, 0.1) is 16.1 Å². The van der Waals surface area contributed by atoms with Gasteiger partial charge in [-0.3, -0.25) is 9.69 Å². The Labute approximate surface area is 145 Å². The lowest BCUT2D eigenvalue weighted by Crippen LogP contribution is -2.34. The first kappa shape index (κ1) is 17.6. The normalized spacial score (nSPS) is 21.3. The van der Waals surface area contributed by atoms with Crippen LogP contribution in [0.2, 0.25) is 0 Å². The number of nitrogens with zero attached hydrogens (tertiary/aromatic N) is 1. The van der Waals surface area contributed by atoms with Crippen LogP contribution in [0.3, 0.4) is 0 Å². The minimum absolute atomic E-state index is 0.0493. The molecule has 2 aromatic rings. The van der Waals surface area contributed by atoms with Crippen molar-refractivity contribution in [2.45, 2.75) is 16.7 Å². The zero-order valence-electron chi connectivity index (χ0n) is 13.4. The average molecular weight is 363 g/mol. The highest BCUT2D eigenvalue weighted by molar-refractivity contribution is 7.92. The second kappa shape index (κ2) is 6.93. The predicted octanol–water partition coefficient (Wildman–Crippen LogP) is 2.18. The predicted molar refractivity (Wildman–Crippen MR) is 90.2 cm³/mol. The Morgan fingerprint density at radius 2 is 1.72 bits per heavy atom. The van der Waals surface area contributed by atoms with Gasteiger partial charge in [0, 0.05) is 19.6 Å². The molecule has 7 heteroatoms. The molecule has 1 N–H and O–H groups in total. The molecule has 0 radical (unpaired) electrons. The molecule has 25 heavy (non-hydrogen) atoms. The van der Waals surface area contributed by atoms with E-state index in [4.69, 9.17) is 0 Å². The van der Waals surface area contributed by atoms with Gasteiger partial charge in [-0.05, 0) is 29.8 Å². The van der Waals surface area contributed by atoms with E-state index in [1.165, 1.54) is 12.1 Å². The standard InChI is InChI=1S/C18H18FNO4S/c19-14-6-8-15(9-7-14)25(23,24)17-12-20(11-16(17)18(21)22)10-13-4-2-1-3-5-13/h1-9,16-17H,10-12H2,(H,21,22)/t16-,17-/m0/s1. The van der Waals surface area contributed by atoms with Gasteiger partial charge in [0.25, 0.3) is 0 Å². The number of carboxylic acid groups (broad SMARTS) is 1. The first-order chi connectivity index (χ1) is 11.9. The van der Waals surface area contributed by atoms with Crippen molar-refractivity contribution < 1.29 is 22.7 Å². The Morgan fingerprint density at radius 3 is 2.32 bits per heavy atom. The maximum Gasteiger partial charge on any atom is 0.309 e. The molecule has 132 valence electrons. The Hall–Kier alpha value is -2.25. The lowest BCUT2D eigenvalue weighted by molar-refractivity contribution is -0.141. The monoisotopic (exact) mass is 363 g/mol. The van der Waals surface area contributed by atoms with Crippen LogP contribution in [0.15, 0.2) is 59.5 Å². The zero-order chi connectivity index (χ0) is 18.0. The average Bonchev–Trinajstić information content (AvgIpc) is 3.01. The van der Waals surface area contributed by atoms with E-state index in [1.807, 2.05) is 35.2 Å². The molecule has 2 atom stereocenters. The number of hydrogen-bond acceptors (Lipinski definition) is 4. The van der Waals surface area contributed by atoms with Crippen LogP contribution in [-0.4, -0.2) is 42.7 Å². The summed E-state index contributed by atoms with van der Waals surface area (Å²) in [5.74, 6) is -2.68. The first-order valence-corrected chi connectivity index (χ1v) is 9.41. The van der Waals surface area contributed by atoms with E-state index in [9.17, 15) is 22.7 Å². The minimum Gasteiger partial charge on any atom is -0.481 e. The Kier molecular flexibility index (Phi) is 4.87. The molecular formula is C18H18FNO4S. The first-order valence-electron chi connectivity index (χ1n) is 7.86. The molecule has 0 saturated carbocycles. The number of carboxylic acids is 1. The van der Waals surface area contributed by atoms with Gasteiger partial charge in [-0.2, -0.15) is 0 Å². The summed E-state index contributed by atoms with van der Waals surface area (Å²) in [6, 6.07) is 14.0. The smallest absolute Gasteiger partial charge is 0.309 e. The Balaban J connectivity index is 1.85. The van der Waals surface area contributed by atoms with Crippen LogP contribution >= 0.6 is 0 Å². The number of halogens is 1. The van der Waals surface area contributed by atoms with Gasteiger partial charge in [0.15, 0.2) is 9.84 Å². The van der Waals surface area contributed by atoms with E-state index < -0.39 is 32.8 Å². The number of likely N-dealkylation sites (tertiary alicyclic amines) is 1. The molecular weight excluding hydrogens is 345 g/mol. The molecule has 2 aromatic carbocycles. The van der Waals surface area contributed by atoms with E-state index in [0.717, 1.165) is 17.7 Å². The van der Waals surface area contributed by atoms with Crippen molar-refractivity contribution in [1.29, 1.82) is 0 Å². The fraction of sp³-hybridized carbons (Fsp3) is 0.278. The van der Waals surface area contributed by atoms with Crippen molar-refractivity contribution >= 4 is 15.8 Å². The van der Waals surface area contributed by atoms with Crippen molar-refractivity contribution in [2.24, 2.45) is 5.92 Å². The molecule has 0 aromatic heterocycles. The maximum atomic E-state index is 13.1. The molecule has 1 heterocycles. The third kappa shape index (κ3) is 3.72. The SMILES string of the molecule is O=C(O)[C@H]1CN(Cc2ccccc2)C[C@@H]1S(=O)(=O)c1ccc(F)cc1. The summed E-state index contributed by atoms with van der Waals surface area (Å²) in [6.07, 6.45) is 0. The summed E-state index contributed by atoms with van der Waals surface area (Å²) in [4.78, 5) is 13.4. The fourth-order valence-corrected chi connectivity index (χ4v) is 5.08. The lowest BCUT2D eigenvalue weighted by Gasteiger charge is -2.16. The highest BCUT2D eigenvalue weighted by Crippen LogP contribution is 2.29. The van der Waals surface area contributed by atoms with E-state index in [-0.39, 0.29) is 18.0 Å². The molecule has 1 fully saturated rings. The summed E-state index contributed by atoms with van der Waals surface area (Å²) >= 11 is 0. The van der Waals surface area contributed by atoms with E-state index >= 15 is 0 Å². The van der Waals surface area contributed by atoms with Gasteiger partial charge in [0.1, 0.15) is 5.82 Å². The van der Waals surface area contributed by atoms with Crippen LogP contribution < -0.4 is 0 Å². The Bertz CT molecular complexity index is 852. The summed E-state index contributed by atoms with van der Waals surface area (Å²) in [5, 5.41) is 8.41. The van der Waals surface area contributed by atoms with E-state index in [1.54, 1.807) is 0 Å². The van der Waals surface area contributed by atoms with Crippen LogP contribution in [0.4, 0.5) is 4.39 Å². The van der Waals surface area contributed by atoms with E-state index in [2.05, 4.69) is 0 Å². The lowest BCUT2D eigenvalue weighted by atomic mass is 10.1. The fourth-order valence-electron chi connectivity index (χ4n) is 3.17. The molecule has 0 unspecified atom stereocenters. The van der Waals surface area contributed by atoms with Gasteiger partial charge in [-0.15, -0.1) is 0 Å². The summed E-state index contributed by atoms with van der Waals surface area (Å²) in [6.45, 7) is 0.779. The molecule has 0 spiro atoms. The number of benzene rings is 2. The molecule has 0 amide bonds. The number of aliphatic carboxylic acids is 1. The minimum atomic E-state index is -3.86. The van der Waals surface area contributed by atoms with Gasteiger partial charge < -0.3 is 5.11 Å². The quantitative estimate of drug-likeness (QED) is 0.824. The van der Waals surface area contributed by atoms with Crippen molar-refractivity contribution in [3.63, 3.8) is 0 Å². The largest absolute Gasteiger partial charge is 0.481 e. The third-order valence-electron chi connectivity index (χ3n) is 4.45. The number of sulfone groups is 1. The summed E-state index contributed by atoms with van der Waals surface area (Å²) in [5.41, 5.74) is 0.992. The molecule has 1 aliphatic rings. The van der Waals surface area contributed by atoms with Crippen molar-refractivity contribution in [3.8, 4) is 0 Å². The van der Waals surface area contributed by atoms with Gasteiger partial charge in [-0.1, -0.05) is 30.3 Å². The molecule has 1 aliphatic heterocycles. The van der Waals surface area contributed by atoms with Crippen molar-refractivity contribution in [1.82, 2.24) is 4.90 Å². The van der Waals surface area contributed by atoms with Crippen LogP contribution in [0.25, 0.3) is 0 Å². The van der Waals surface area contributed by atoms with E-state index in [0.29, 0.717) is 6.54 Å². The van der Waals surface area contributed by atoms with Crippen LogP contribution in [0.1, 0.15) is 5.56 Å². The summed E-state index contributed by atoms with van der Waals surface area (Å²) in [7, 11) is -3.86. The van der Waals surface area contributed by atoms with Gasteiger partial charge in [0.2, 0.25) is 0 Å². The van der Waals surface area contributed by atoms with Gasteiger partial charge in [-0.25, -0.2) is 12.8 Å². The van der Waals surface area contributed by atoms with Crippen LogP contribution in [0, 0.1) is 11.7 Å². The van der Waals surface area contributed by atoms with Gasteiger partial charge >= 0.3 is 5.97 Å². The highest BCUT2D eigenvalue weighted by Gasteiger charge is 2.45. The zero-order valence-corrected chi connectivity index (χ0v) is 14.2. The number of carbonyl (C=O) groups is 1. The topological polar surface area (TPSA) is 74.7 Å². The number of hydrogen-bond donors (Lipinski definition) is 1. The van der Waals surface area contributed by atoms with Crippen LogP contribution in [-0.2, 0) is 21.2 Å². The molecule has 0 bridgehead atoms. The summed E-state index contributed by atoms with van der Waals surface area (Å²) < 4.78 is 38.8. The number of rotatable bonds is 5.